The number of piperidine rings is 2. The average molecular weight is 1260 g/mol. The smallest absolute Gasteiger partial charge is 0.268 e. The van der Waals surface area contributed by atoms with Crippen LogP contribution in [0, 0.1) is 13.8 Å². The predicted molar refractivity (Wildman–Crippen MR) is 347 cm³/mol. The summed E-state index contributed by atoms with van der Waals surface area (Å²) in [5.41, 5.74) is 13.1. The summed E-state index contributed by atoms with van der Waals surface area (Å²) in [5.74, 6) is 0.537. The van der Waals surface area contributed by atoms with E-state index >= 15 is 0 Å². The number of halogens is 2. The Hall–Kier alpha value is -9.15. The van der Waals surface area contributed by atoms with Crippen molar-refractivity contribution >= 4 is 106 Å². The third-order valence-corrected chi connectivity index (χ3v) is 19.4. The van der Waals surface area contributed by atoms with Crippen molar-refractivity contribution in [2.45, 2.75) is 75.8 Å². The highest BCUT2D eigenvalue weighted by Gasteiger charge is 2.30. The van der Waals surface area contributed by atoms with Gasteiger partial charge in [-0.25, -0.2) is 44.7 Å². The van der Waals surface area contributed by atoms with Crippen LogP contribution in [0.2, 0.25) is 10.0 Å². The molecule has 2 fully saturated rings. The number of para-hydroxylation sites is 2. The lowest BCUT2D eigenvalue weighted by Gasteiger charge is -2.32. The minimum Gasteiger partial charge on any atom is -0.399 e. The number of anilines is 4. The van der Waals surface area contributed by atoms with Crippen LogP contribution in [0.3, 0.4) is 0 Å². The molecule has 0 atom stereocenters. The number of fused-ring (bicyclic) bond motifs is 2. The molecule has 6 heterocycles. The molecule has 88 heavy (non-hydrogen) atoms. The first kappa shape index (κ1) is 61.9. The van der Waals surface area contributed by atoms with E-state index in [0.29, 0.717) is 128 Å². The number of hydrogen-bond donors (Lipinski definition) is 4. The van der Waals surface area contributed by atoms with E-state index < -0.39 is 20.0 Å². The highest BCUT2D eigenvalue weighted by molar-refractivity contribution is 7.90. The van der Waals surface area contributed by atoms with Gasteiger partial charge in [0.1, 0.15) is 0 Å². The van der Waals surface area contributed by atoms with Gasteiger partial charge in [-0.15, -0.1) is 0 Å². The molecule has 0 aliphatic carbocycles. The molecule has 19 nitrogen and oxygen atoms in total. The number of hydrogen-bond acceptors (Lipinski definition) is 14. The van der Waals surface area contributed by atoms with E-state index in [0.717, 1.165) is 24.0 Å². The summed E-state index contributed by atoms with van der Waals surface area (Å²) in [7, 11) is -7.73. The van der Waals surface area contributed by atoms with Crippen molar-refractivity contribution < 1.29 is 31.2 Å². The number of nitrogens with zero attached hydrogens (tertiary/aromatic N) is 8. The van der Waals surface area contributed by atoms with Gasteiger partial charge in [0.2, 0.25) is 17.8 Å². The van der Waals surface area contributed by atoms with Crippen molar-refractivity contribution in [3.63, 3.8) is 0 Å². The number of carbonyl (C=O) groups excluding carboxylic acids is 3. The fourth-order valence-electron chi connectivity index (χ4n) is 11.0. The molecule has 0 radical (unpaired) electrons. The number of aryl methyl sites for hydroxylation is 2. The minimum absolute atomic E-state index is 0. The van der Waals surface area contributed by atoms with Gasteiger partial charge in [-0.05, 0) is 123 Å². The van der Waals surface area contributed by atoms with Gasteiger partial charge in [-0.1, -0.05) is 103 Å². The van der Waals surface area contributed by atoms with Crippen LogP contribution >= 0.6 is 23.2 Å². The van der Waals surface area contributed by atoms with Crippen LogP contribution in [0.1, 0.15) is 71.9 Å². The number of likely N-dealkylation sites (tertiary alicyclic amines) is 2. The molecule has 4 aromatic heterocycles. The first-order valence-electron chi connectivity index (χ1n) is 28.1. The zero-order valence-electron chi connectivity index (χ0n) is 47.6. The number of rotatable bonds is 13. The number of nitrogens with two attached hydrogens (primary N) is 1. The second kappa shape index (κ2) is 26.1. The molecule has 452 valence electrons. The second-order valence-corrected chi connectivity index (χ2v) is 25.8. The summed E-state index contributed by atoms with van der Waals surface area (Å²) >= 11 is 13.2. The van der Waals surface area contributed by atoms with E-state index in [2.05, 4.69) is 25.9 Å². The van der Waals surface area contributed by atoms with Gasteiger partial charge >= 0.3 is 0 Å². The molecular weight excluding hydrogens is 1200 g/mol. The molecule has 0 spiro atoms. The van der Waals surface area contributed by atoms with Crippen LogP contribution in [0.4, 0.5) is 23.3 Å². The summed E-state index contributed by atoms with van der Waals surface area (Å²) in [6.45, 7) is 7.47. The standard InChI is InChI=1S/C33H31ClN6O4S.C31H29ClN6O3S.CH4/c1-21-18-24(36-22(2)41)12-13-26(21)32(42)39-16-14-23(15-17-39)37-33-35-19-29(34)31(38-33)28-20-40(30-11-7-6-10-27(28)30)45(43,44)25-8-4-3-5-9-25;1-20-17-21(33)11-12-24(20)30(39)37-15-13-22(14-16-37)35-31-34-18-27(32)29(36-31)26-19-38(28-10-6-5-9-25(26)28)42(40,41)23-7-3-2-4-8-23;/h3-13,18-20,23H,14-17H2,1-2H3,(H,36,41)(H,35,37,38);2-12,17-19,22H,13-16,33H2,1H3,(H,34,35,36);1H4. The third-order valence-electron chi connectivity index (χ3n) is 15.4. The third kappa shape index (κ3) is 12.9. The van der Waals surface area contributed by atoms with Crippen LogP contribution in [0.15, 0.2) is 180 Å². The topological polar surface area (TPSA) is 250 Å². The van der Waals surface area contributed by atoms with Crippen molar-refractivity contribution in [3.05, 3.63) is 203 Å². The van der Waals surface area contributed by atoms with Crippen LogP contribution in [-0.4, -0.2) is 111 Å². The molecule has 23 heteroatoms. The van der Waals surface area contributed by atoms with E-state index in [-0.39, 0.29) is 47.0 Å². The Morgan fingerprint density at radius 3 is 1.35 bits per heavy atom. The predicted octanol–water partition coefficient (Wildman–Crippen LogP) is 12.2. The van der Waals surface area contributed by atoms with Crippen molar-refractivity contribution in [3.8, 4) is 22.5 Å². The maximum absolute atomic E-state index is 13.6. The zero-order valence-corrected chi connectivity index (χ0v) is 50.7. The quantitative estimate of drug-likeness (QED) is 0.0784. The molecule has 0 saturated carbocycles. The minimum atomic E-state index is -3.87. The summed E-state index contributed by atoms with van der Waals surface area (Å²) in [6.07, 6.45) is 8.96. The molecule has 5 N–H and O–H groups in total. The molecule has 0 bridgehead atoms. The van der Waals surface area contributed by atoms with Crippen molar-refractivity contribution in [1.82, 2.24) is 37.7 Å². The highest BCUT2D eigenvalue weighted by atomic mass is 35.5. The van der Waals surface area contributed by atoms with Gasteiger partial charge in [-0.3, -0.25) is 14.4 Å². The SMILES string of the molecule is C.CC(=O)Nc1ccc(C(=O)N2CCC(Nc3ncc(Cl)c(-c4cn(S(=O)(=O)c5ccccc5)c5ccccc45)n3)CC2)c(C)c1.Cc1cc(N)ccc1C(=O)N1CCC(Nc2ncc(Cl)c(-c3cn(S(=O)(=O)c4ccccc4)c4ccccc34)n2)CC1. The second-order valence-electron chi connectivity index (χ2n) is 21.3. The summed E-state index contributed by atoms with van der Waals surface area (Å²) in [6, 6.07) is 41.7. The number of amides is 3. The van der Waals surface area contributed by atoms with Gasteiger partial charge in [0.25, 0.3) is 31.9 Å². The Bertz CT molecular complexity index is 4490. The molecule has 10 aromatic rings. The lowest BCUT2D eigenvalue weighted by atomic mass is 10.0. The molecule has 2 aliphatic rings. The number of nitrogens with one attached hydrogen (secondary N) is 3. The van der Waals surface area contributed by atoms with Crippen LogP contribution in [0.5, 0.6) is 0 Å². The van der Waals surface area contributed by atoms with Crippen LogP contribution < -0.4 is 21.7 Å². The number of aromatic nitrogens is 6. The Morgan fingerprint density at radius 1 is 0.545 bits per heavy atom. The maximum atomic E-state index is 13.6. The molecule has 6 aromatic carbocycles. The van der Waals surface area contributed by atoms with Gasteiger partial charge in [0.15, 0.2) is 0 Å². The molecular formula is C65H64Cl2N12O7S2. The van der Waals surface area contributed by atoms with Gasteiger partial charge < -0.3 is 31.5 Å². The van der Waals surface area contributed by atoms with E-state index in [1.807, 2.05) is 54.0 Å². The molecule has 0 unspecified atom stereocenters. The monoisotopic (exact) mass is 1260 g/mol. The maximum Gasteiger partial charge on any atom is 0.268 e. The Balaban J connectivity index is 0.000000193. The van der Waals surface area contributed by atoms with Crippen molar-refractivity contribution in [2.75, 3.05) is 47.9 Å². The van der Waals surface area contributed by atoms with E-state index in [4.69, 9.17) is 38.9 Å². The van der Waals surface area contributed by atoms with E-state index in [1.54, 1.807) is 128 Å². The van der Waals surface area contributed by atoms with E-state index in [9.17, 15) is 31.2 Å². The average Bonchev–Trinajstić information content (AvgIpc) is 1.70. The van der Waals surface area contributed by atoms with Crippen LogP contribution in [-0.2, 0) is 24.8 Å². The van der Waals surface area contributed by atoms with Gasteiger partial charge in [0.05, 0.1) is 54.7 Å². The van der Waals surface area contributed by atoms with Crippen molar-refractivity contribution in [2.24, 2.45) is 0 Å². The number of carbonyl (C=O) groups is 3. The fourth-order valence-corrected chi connectivity index (χ4v) is 14.2. The number of benzene rings is 6. The van der Waals surface area contributed by atoms with Crippen molar-refractivity contribution in [1.29, 1.82) is 0 Å². The van der Waals surface area contributed by atoms with Gasteiger partial charge in [0, 0.05) is 102 Å². The molecule has 12 rings (SSSR count). The lowest BCUT2D eigenvalue weighted by molar-refractivity contribution is -0.114. The molecule has 3 amide bonds. The largest absolute Gasteiger partial charge is 0.399 e. The summed E-state index contributed by atoms with van der Waals surface area (Å²) in [5, 5.41) is 11.5. The summed E-state index contributed by atoms with van der Waals surface area (Å²) in [4.78, 5) is 60.0. The molecule has 2 saturated heterocycles. The fraction of sp³-hybridized carbons (Fsp3) is 0.215. The van der Waals surface area contributed by atoms with Gasteiger partial charge in [-0.2, -0.15) is 0 Å². The zero-order chi connectivity index (χ0) is 61.1. The highest BCUT2D eigenvalue weighted by Crippen LogP contribution is 2.38. The normalized spacial score (nSPS) is 14.0. The lowest BCUT2D eigenvalue weighted by Crippen LogP contribution is -2.42. The Labute approximate surface area is 520 Å². The molecule has 2 aliphatic heterocycles. The number of nitrogen functional groups attached to an aromatic ring is 1. The summed E-state index contributed by atoms with van der Waals surface area (Å²) < 4.78 is 56.8. The first-order valence-corrected chi connectivity index (χ1v) is 31.7. The Kier molecular flexibility index (Phi) is 18.3. The van der Waals surface area contributed by atoms with Crippen LogP contribution in [0.25, 0.3) is 44.3 Å². The Morgan fingerprint density at radius 2 is 0.943 bits per heavy atom. The van der Waals surface area contributed by atoms with E-state index in [1.165, 1.54) is 27.3 Å². The first-order chi connectivity index (χ1) is 41.8.